The smallest absolute Gasteiger partial charge is 0.216 e. The summed E-state index contributed by atoms with van der Waals surface area (Å²) in [6, 6.07) is 64.6. The number of rotatable bonds is 11. The maximum Gasteiger partial charge on any atom is 0.216 e. The Morgan fingerprint density at radius 3 is 1.35 bits per heavy atom. The van der Waals surface area contributed by atoms with E-state index < -0.39 is 0 Å². The molecule has 0 unspecified atom stereocenters. The van der Waals surface area contributed by atoms with Crippen molar-refractivity contribution < 1.29 is 24.1 Å². The van der Waals surface area contributed by atoms with Gasteiger partial charge >= 0.3 is 0 Å². The first-order valence-corrected chi connectivity index (χ1v) is 35.2. The van der Waals surface area contributed by atoms with Crippen molar-refractivity contribution >= 4 is 46.0 Å². The van der Waals surface area contributed by atoms with E-state index in [4.69, 9.17) is 37.8 Å². The number of hydrogen-bond acceptors (Lipinski definition) is 7. The van der Waals surface area contributed by atoms with Gasteiger partial charge in [0.1, 0.15) is 11.5 Å². The third-order valence-electron chi connectivity index (χ3n) is 13.6. The highest BCUT2D eigenvalue weighted by molar-refractivity contribution is 6.30. The number of carbonyl (C=O) groups is 1. The van der Waals surface area contributed by atoms with Crippen molar-refractivity contribution in [2.75, 3.05) is 60.7 Å². The van der Waals surface area contributed by atoms with Gasteiger partial charge < -0.3 is 29.5 Å². The molecule has 0 radical (unpaired) electrons. The second-order valence-electron chi connectivity index (χ2n) is 20.9. The maximum atomic E-state index is 9.93. The predicted octanol–water partition coefficient (Wildman–Crippen LogP) is 24.9. The summed E-state index contributed by atoms with van der Waals surface area (Å²) < 4.78 is 14.7. The summed E-state index contributed by atoms with van der Waals surface area (Å²) in [5, 5.41) is 14.2. The van der Waals surface area contributed by atoms with Crippen LogP contribution >= 0.6 is 23.2 Å². The summed E-state index contributed by atoms with van der Waals surface area (Å²) in [6.45, 7) is 40.7. The van der Waals surface area contributed by atoms with Crippen LogP contribution in [0.5, 0.6) is 11.5 Å². The van der Waals surface area contributed by atoms with Gasteiger partial charge in [-0.15, -0.1) is 6.58 Å². The fourth-order valence-electron chi connectivity index (χ4n) is 8.19. The zero-order chi connectivity index (χ0) is 72.0. The van der Waals surface area contributed by atoms with E-state index in [-0.39, 0.29) is 27.4 Å². The molecule has 0 atom stereocenters. The van der Waals surface area contributed by atoms with E-state index in [9.17, 15) is 4.79 Å². The third-order valence-corrected chi connectivity index (χ3v) is 14.1. The molecule has 2 heterocycles. The summed E-state index contributed by atoms with van der Waals surface area (Å²) >= 11 is 11.4. The van der Waals surface area contributed by atoms with Gasteiger partial charge in [0, 0.05) is 55.7 Å². The van der Waals surface area contributed by atoms with Crippen LogP contribution in [0.25, 0.3) is 16.8 Å². The number of halogens is 2. The first kappa shape index (κ1) is 101. The molecule has 542 valence electrons. The minimum atomic E-state index is 0. The average molecular weight is 1370 g/mol. The van der Waals surface area contributed by atoms with Crippen LogP contribution in [-0.4, -0.2) is 81.6 Å². The first-order valence-electron chi connectivity index (χ1n) is 34.4. The van der Waals surface area contributed by atoms with Crippen molar-refractivity contribution in [3.05, 3.63) is 263 Å². The Morgan fingerprint density at radius 2 is 1.03 bits per heavy atom. The molecule has 1 aliphatic heterocycles. The highest BCUT2D eigenvalue weighted by atomic mass is 35.5. The lowest BCUT2D eigenvalue weighted by Crippen LogP contribution is -2.18. The summed E-state index contributed by atoms with van der Waals surface area (Å²) in [5.41, 5.74) is 7.59. The molecule has 0 bridgehead atoms. The molecule has 1 saturated carbocycles. The molecule has 10 heteroatoms. The monoisotopic (exact) mass is 1370 g/mol. The van der Waals surface area contributed by atoms with Gasteiger partial charge in [-0.3, -0.25) is 9.78 Å². The third kappa shape index (κ3) is 63.5. The van der Waals surface area contributed by atoms with Gasteiger partial charge in [0.25, 0.3) is 0 Å². The normalized spacial score (nSPS) is 10.6. The fourth-order valence-corrected chi connectivity index (χ4v) is 8.65. The van der Waals surface area contributed by atoms with Crippen LogP contribution < -0.4 is 14.8 Å². The summed E-state index contributed by atoms with van der Waals surface area (Å²) in [5.74, 6) is 2.98. The van der Waals surface area contributed by atoms with Crippen LogP contribution in [0.1, 0.15) is 183 Å². The zero-order valence-corrected chi connectivity index (χ0v) is 63.5. The number of aliphatic hydroxyl groups excluding tert-OH is 1. The molecule has 1 aliphatic carbocycles. The van der Waals surface area contributed by atoms with Gasteiger partial charge in [-0.05, 0) is 198 Å². The van der Waals surface area contributed by atoms with Crippen LogP contribution in [0.2, 0.25) is 10.0 Å². The number of likely N-dealkylation sites (tertiary alicyclic amines) is 1. The van der Waals surface area contributed by atoms with Crippen molar-refractivity contribution in [2.24, 2.45) is 5.92 Å². The summed E-state index contributed by atoms with van der Waals surface area (Å²) in [4.78, 5) is 16.5. The van der Waals surface area contributed by atoms with Crippen LogP contribution in [0.15, 0.2) is 220 Å². The first-order chi connectivity index (χ1) is 46.0. The Hall–Kier alpha value is -7.04. The lowest BCUT2D eigenvalue weighted by Gasteiger charge is -2.08. The number of hydrogen-bond donors (Lipinski definition) is 2. The number of aryl methyl sites for hydroxylation is 5. The molecule has 8 nitrogen and oxygen atoms in total. The Morgan fingerprint density at radius 1 is 0.577 bits per heavy atom. The molecule has 2 fully saturated rings. The molecule has 1 aromatic heterocycles. The standard InChI is InChI=1S/C11H10O.C9H12O.C8H9Cl.C8H10.C8H8.C7H7Cl.C7H9N.C7H14.C6H13N.C4H9NO.C3H8O.C3H6.C2H6O.C2H6.2CH4/c1-12-11-7-6-9-4-2-3-5-10(9)8-11;1-3-8-4-6-9(10-2)7-5-8;1-2-7-4-3-5-8(9)6-7;2*1-2-8-6-4-3-5-7-8;1-6-3-2-4-7(8)5-6;1-2-7-5-3-4-6-8-7;2*1-2-7-5-3-4-6-7;1-3-5-4(2)6;1-3-4-2;1-3-2;1-2-3;1-2;;/h2-8H,1H3;4-7H,3H2,1-2H3;3-6H,2H2,1H3;3-7H,2H2,1H3;2-7H,1H2;2-5H,1H3;3-6H,2H2,1H3;7H,2-6H2,1H3;2-6H2,1H3;3H2,1-2H3,(H,5,6);3H2,1-2H3;3H,1H2,2H3;3H,2H2,1H3;1-2H3;2*1H4. The van der Waals surface area contributed by atoms with E-state index in [2.05, 4.69) is 135 Å². The number of nitrogens with zero attached hydrogens (tertiary/aromatic N) is 2. The van der Waals surface area contributed by atoms with Gasteiger partial charge in [-0.25, -0.2) is 0 Å². The number of fused-ring (bicyclic) bond motifs is 1. The number of nitrogens with one attached hydrogen (secondary N) is 1. The van der Waals surface area contributed by atoms with Crippen LogP contribution in [0.4, 0.5) is 0 Å². The molecule has 8 aromatic rings. The molecule has 1 amide bonds. The van der Waals surface area contributed by atoms with E-state index in [1.54, 1.807) is 34.3 Å². The molecule has 97 heavy (non-hydrogen) atoms. The van der Waals surface area contributed by atoms with E-state index in [1.807, 2.05) is 187 Å². The maximum absolute atomic E-state index is 9.93. The zero-order valence-electron chi connectivity index (χ0n) is 62.0. The Bertz CT molecular complexity index is 2800. The second-order valence-corrected chi connectivity index (χ2v) is 21.8. The van der Waals surface area contributed by atoms with Crippen molar-refractivity contribution in [2.45, 2.75) is 182 Å². The molecular weight excluding hydrogens is 1240 g/mol. The Balaban J connectivity index is -0.000000233. The highest BCUT2D eigenvalue weighted by Crippen LogP contribution is 2.26. The number of amides is 1. The number of benzene rings is 7. The van der Waals surface area contributed by atoms with Gasteiger partial charge in [-0.1, -0.05) is 278 Å². The van der Waals surface area contributed by atoms with Crippen LogP contribution in [0.3, 0.4) is 0 Å². The van der Waals surface area contributed by atoms with Crippen molar-refractivity contribution in [1.82, 2.24) is 15.2 Å². The minimum Gasteiger partial charge on any atom is -0.497 e. The number of methoxy groups -OCH3 is 3. The van der Waals surface area contributed by atoms with Gasteiger partial charge in [0.2, 0.25) is 5.91 Å². The molecular formula is C87H135Cl2N3O5. The van der Waals surface area contributed by atoms with Crippen molar-refractivity contribution in [3.8, 4) is 11.5 Å². The van der Waals surface area contributed by atoms with Gasteiger partial charge in [-0.2, -0.15) is 0 Å². The van der Waals surface area contributed by atoms with E-state index in [0.717, 1.165) is 72.0 Å². The van der Waals surface area contributed by atoms with E-state index in [1.165, 1.54) is 110 Å². The lowest BCUT2D eigenvalue weighted by atomic mass is 10.1. The summed E-state index contributed by atoms with van der Waals surface area (Å²) in [7, 11) is 5.05. The molecule has 10 rings (SSSR count). The largest absolute Gasteiger partial charge is 0.497 e. The number of aliphatic hydroxyl groups is 1. The van der Waals surface area contributed by atoms with Crippen molar-refractivity contribution in [3.63, 3.8) is 0 Å². The Kier molecular flexibility index (Phi) is 79.5. The molecule has 1 saturated heterocycles. The number of pyridine rings is 1. The van der Waals surface area contributed by atoms with Gasteiger partial charge in [0.15, 0.2) is 0 Å². The molecule has 7 aromatic carbocycles. The van der Waals surface area contributed by atoms with Crippen molar-refractivity contribution in [1.29, 1.82) is 0 Å². The molecule has 2 aliphatic rings. The number of carbonyl (C=O) groups excluding carboxylic acids is 1. The van der Waals surface area contributed by atoms with Crippen LogP contribution in [0, 0.1) is 12.8 Å². The second kappa shape index (κ2) is 76.3. The predicted molar refractivity (Wildman–Crippen MR) is 435 cm³/mol. The SMILES string of the molecule is C.C.C=CC.C=Cc1ccccc1.CC.CCC1CCCC1.CCN1CCCC1.CCNC(C)=O.CCO.CCOC.CCc1ccc(OC)cc1.CCc1cccc(Cl)c1.CCc1ccccc1.CCc1ccccn1.COc1ccc2ccccc2c1.Cc1cccc(Cl)c1. The minimum absolute atomic E-state index is 0. The topological polar surface area (TPSA) is 93.2 Å². The van der Waals surface area contributed by atoms with E-state index >= 15 is 0 Å². The van der Waals surface area contributed by atoms with Crippen LogP contribution in [-0.2, 0) is 35.2 Å². The average Bonchev–Trinajstić information content (AvgIpc) is 1.42. The molecule has 0 spiro atoms. The number of ether oxygens (including phenoxy) is 3. The highest BCUT2D eigenvalue weighted by Gasteiger charge is 2.11. The number of allylic oxidation sites excluding steroid dienone is 1. The number of aromatic nitrogens is 1. The Labute approximate surface area is 605 Å². The molecule has 2 N–H and O–H groups in total. The fraction of sp³-hybridized carbons (Fsp3) is 0.425. The summed E-state index contributed by atoms with van der Waals surface area (Å²) in [6.07, 6.45) is 20.0. The van der Waals surface area contributed by atoms with E-state index in [0.29, 0.717) is 0 Å². The lowest BCUT2D eigenvalue weighted by molar-refractivity contribution is -0.118. The van der Waals surface area contributed by atoms with Gasteiger partial charge in [0.05, 0.1) is 14.2 Å². The quantitative estimate of drug-likeness (QED) is 0.125.